The molecule has 1 aliphatic carbocycles. The molecule has 3 heterocycles. The first-order valence-electron chi connectivity index (χ1n) is 18.3. The minimum Gasteiger partial charge on any atom is -0.338 e. The van der Waals surface area contributed by atoms with Gasteiger partial charge in [0.15, 0.2) is 0 Å². The number of carbonyl (C=O) groups is 3. The Kier molecular flexibility index (Phi) is 11.8. The Morgan fingerprint density at radius 1 is 0.878 bits per heavy atom. The SMILES string of the molecule is CN=C(NN(C=O)C1CCN(C(=O)N[C@H](Cc2ccc3c(c2)CCCC3)C(=O)N2CCN(C3CCN(C)CC3)CC2)CC1)c1ccccc1. The number of nitrogens with one attached hydrogen (secondary N) is 2. The highest BCUT2D eigenvalue weighted by Crippen LogP contribution is 2.24. The minimum absolute atomic E-state index is 0.00704. The van der Waals surface area contributed by atoms with Crippen LogP contribution in [0.2, 0.25) is 0 Å². The summed E-state index contributed by atoms with van der Waals surface area (Å²) >= 11 is 0. The van der Waals surface area contributed by atoms with Crippen molar-refractivity contribution in [3.05, 3.63) is 70.8 Å². The number of fused-ring (bicyclic) bond motifs is 1. The number of piperidine rings is 2. The van der Waals surface area contributed by atoms with Crippen molar-refractivity contribution in [2.45, 2.75) is 75.9 Å². The van der Waals surface area contributed by atoms with Crippen molar-refractivity contribution in [1.29, 1.82) is 0 Å². The molecule has 49 heavy (non-hydrogen) atoms. The molecule has 3 aliphatic heterocycles. The first kappa shape index (κ1) is 34.9. The Morgan fingerprint density at radius 3 is 2.24 bits per heavy atom. The van der Waals surface area contributed by atoms with Crippen molar-refractivity contribution in [3.63, 3.8) is 0 Å². The van der Waals surface area contributed by atoms with Crippen molar-refractivity contribution in [1.82, 2.24) is 35.4 Å². The highest BCUT2D eigenvalue weighted by molar-refractivity contribution is 5.98. The fraction of sp³-hybridized carbons (Fsp3) is 0.579. The van der Waals surface area contributed by atoms with E-state index in [0.29, 0.717) is 57.3 Å². The van der Waals surface area contributed by atoms with Crippen LogP contribution in [0.4, 0.5) is 4.79 Å². The van der Waals surface area contributed by atoms with Crippen molar-refractivity contribution in [3.8, 4) is 0 Å². The summed E-state index contributed by atoms with van der Waals surface area (Å²) in [5, 5.41) is 4.74. The van der Waals surface area contributed by atoms with E-state index < -0.39 is 6.04 Å². The van der Waals surface area contributed by atoms with E-state index in [2.05, 4.69) is 50.8 Å². The number of aliphatic imine (C=N–C) groups is 1. The zero-order valence-corrected chi connectivity index (χ0v) is 29.4. The average Bonchev–Trinajstić information content (AvgIpc) is 3.15. The van der Waals surface area contributed by atoms with Crippen molar-refractivity contribution in [2.75, 3.05) is 66.5 Å². The third kappa shape index (κ3) is 8.80. The number of amides is 4. The van der Waals surface area contributed by atoms with Crippen LogP contribution in [0.5, 0.6) is 0 Å². The lowest BCUT2D eigenvalue weighted by Gasteiger charge is -2.43. The van der Waals surface area contributed by atoms with E-state index in [-0.39, 0.29) is 18.0 Å². The van der Waals surface area contributed by atoms with Gasteiger partial charge in [0.05, 0.1) is 6.04 Å². The van der Waals surface area contributed by atoms with Gasteiger partial charge in [-0.2, -0.15) is 0 Å². The van der Waals surface area contributed by atoms with Crippen LogP contribution in [0, 0.1) is 0 Å². The Labute approximate surface area is 291 Å². The van der Waals surface area contributed by atoms with Crippen molar-refractivity contribution >= 4 is 24.2 Å². The number of benzene rings is 2. The summed E-state index contributed by atoms with van der Waals surface area (Å²) in [4.78, 5) is 53.1. The predicted octanol–water partition coefficient (Wildman–Crippen LogP) is 2.93. The Hall–Kier alpha value is -3.96. The van der Waals surface area contributed by atoms with Crippen molar-refractivity contribution < 1.29 is 14.4 Å². The summed E-state index contributed by atoms with van der Waals surface area (Å²) in [5.74, 6) is 0.621. The number of amidine groups is 1. The first-order chi connectivity index (χ1) is 23.9. The van der Waals surface area contributed by atoms with E-state index in [1.807, 2.05) is 35.2 Å². The van der Waals surface area contributed by atoms with E-state index in [1.165, 1.54) is 36.8 Å². The van der Waals surface area contributed by atoms with E-state index >= 15 is 0 Å². The fourth-order valence-electron chi connectivity index (χ4n) is 7.99. The van der Waals surface area contributed by atoms with Crippen molar-refractivity contribution in [2.24, 2.45) is 4.99 Å². The van der Waals surface area contributed by atoms with Gasteiger partial charge in [-0.15, -0.1) is 0 Å². The third-order valence-electron chi connectivity index (χ3n) is 11.0. The molecule has 3 fully saturated rings. The molecule has 6 rings (SSSR count). The zero-order chi connectivity index (χ0) is 34.2. The van der Waals surface area contributed by atoms with Crippen LogP contribution in [0.3, 0.4) is 0 Å². The molecule has 2 aromatic rings. The number of nitrogens with zero attached hydrogens (tertiary/aromatic N) is 6. The van der Waals surface area contributed by atoms with Crippen LogP contribution in [0.25, 0.3) is 0 Å². The molecular formula is C38H54N8O3. The second-order valence-electron chi connectivity index (χ2n) is 14.2. The summed E-state index contributed by atoms with van der Waals surface area (Å²) in [7, 11) is 3.89. The topological polar surface area (TPSA) is 104 Å². The van der Waals surface area contributed by atoms with Gasteiger partial charge < -0.3 is 20.0 Å². The van der Waals surface area contributed by atoms with Crippen LogP contribution in [0.1, 0.15) is 60.8 Å². The number of hydrogen-bond acceptors (Lipinski definition) is 6. The Bertz CT molecular complexity index is 1440. The third-order valence-corrected chi connectivity index (χ3v) is 11.0. The average molecular weight is 671 g/mol. The molecule has 0 unspecified atom stereocenters. The lowest BCUT2D eigenvalue weighted by atomic mass is 9.89. The molecule has 4 aliphatic rings. The maximum absolute atomic E-state index is 14.2. The Morgan fingerprint density at radius 2 is 1.57 bits per heavy atom. The Balaban J connectivity index is 1.08. The molecule has 11 nitrogen and oxygen atoms in total. The molecule has 4 amide bonds. The normalized spacial score (nSPS) is 20.7. The van der Waals surface area contributed by atoms with Gasteiger partial charge in [-0.1, -0.05) is 48.5 Å². The number of rotatable bonds is 9. The lowest BCUT2D eigenvalue weighted by Crippen LogP contribution is -2.59. The van der Waals surface area contributed by atoms with Gasteiger partial charge in [0.25, 0.3) is 0 Å². The molecule has 0 aromatic heterocycles. The molecule has 11 heteroatoms. The number of hydrogen-bond donors (Lipinski definition) is 2. The number of piperazine rings is 1. The predicted molar refractivity (Wildman–Crippen MR) is 192 cm³/mol. The molecule has 0 radical (unpaired) electrons. The number of hydrazine groups is 1. The molecule has 1 atom stereocenters. The zero-order valence-electron chi connectivity index (χ0n) is 29.4. The molecule has 0 saturated carbocycles. The van der Waals surface area contributed by atoms with Crippen LogP contribution in [0.15, 0.2) is 53.5 Å². The van der Waals surface area contributed by atoms with E-state index in [0.717, 1.165) is 56.6 Å². The van der Waals surface area contributed by atoms with Gasteiger partial charge in [-0.05, 0) is 88.2 Å². The van der Waals surface area contributed by atoms with E-state index in [9.17, 15) is 14.4 Å². The summed E-state index contributed by atoms with van der Waals surface area (Å²) in [6.45, 7) is 6.36. The van der Waals surface area contributed by atoms with Gasteiger partial charge >= 0.3 is 6.03 Å². The number of urea groups is 1. The van der Waals surface area contributed by atoms with Crippen LogP contribution < -0.4 is 10.7 Å². The summed E-state index contributed by atoms with van der Waals surface area (Å²) in [6, 6.07) is 16.0. The summed E-state index contributed by atoms with van der Waals surface area (Å²) in [5.41, 5.74) is 7.97. The highest BCUT2D eigenvalue weighted by atomic mass is 16.2. The second kappa shape index (κ2) is 16.6. The van der Waals surface area contributed by atoms with Gasteiger partial charge in [-0.25, -0.2) is 4.79 Å². The minimum atomic E-state index is -0.635. The number of aryl methyl sites for hydroxylation is 2. The number of likely N-dealkylation sites (tertiary alicyclic amines) is 2. The van der Waals surface area contributed by atoms with Crippen LogP contribution >= 0.6 is 0 Å². The quantitative estimate of drug-likeness (QED) is 0.184. The lowest BCUT2D eigenvalue weighted by molar-refractivity contribution is -0.135. The molecule has 3 saturated heterocycles. The number of carbonyl (C=O) groups excluding carboxylic acids is 3. The summed E-state index contributed by atoms with van der Waals surface area (Å²) < 4.78 is 0. The monoisotopic (exact) mass is 670 g/mol. The largest absolute Gasteiger partial charge is 0.338 e. The molecule has 0 spiro atoms. The first-order valence-corrected chi connectivity index (χ1v) is 18.3. The van der Waals surface area contributed by atoms with Crippen LogP contribution in [-0.4, -0.2) is 133 Å². The fourth-order valence-corrected chi connectivity index (χ4v) is 7.99. The summed E-state index contributed by atoms with van der Waals surface area (Å²) in [6.07, 6.45) is 9.49. The van der Waals surface area contributed by atoms with Gasteiger partial charge in [0.2, 0.25) is 12.3 Å². The van der Waals surface area contributed by atoms with Crippen LogP contribution in [-0.2, 0) is 28.9 Å². The van der Waals surface area contributed by atoms with Gasteiger partial charge in [0.1, 0.15) is 11.9 Å². The maximum atomic E-state index is 14.2. The molecule has 264 valence electrons. The molecule has 2 N–H and O–H groups in total. The standard InChI is InChI=1S/C38H54N8O3/c1-39-36(31-9-4-3-5-10-31)41-46(28-47)34-16-20-45(21-17-34)38(49)40-35(27-29-12-13-30-8-6-7-11-32(30)26-29)37(48)44-24-22-43(23-25-44)33-14-18-42(2)19-15-33/h3-5,9-10,12-13,26,28,33-35H,6-8,11,14-25,27H2,1-2H3,(H,39,41)(H,40,49)/t35-/m1/s1. The van der Waals surface area contributed by atoms with Gasteiger partial charge in [-0.3, -0.25) is 29.9 Å². The highest BCUT2D eigenvalue weighted by Gasteiger charge is 2.34. The van der Waals surface area contributed by atoms with E-state index in [1.54, 1.807) is 17.0 Å². The van der Waals surface area contributed by atoms with Gasteiger partial charge in [0, 0.05) is 64.3 Å². The molecule has 0 bridgehead atoms. The van der Waals surface area contributed by atoms with E-state index in [4.69, 9.17) is 0 Å². The molecular weight excluding hydrogens is 616 g/mol. The maximum Gasteiger partial charge on any atom is 0.318 e. The molecule has 2 aromatic carbocycles. The smallest absolute Gasteiger partial charge is 0.318 e. The second-order valence-corrected chi connectivity index (χ2v) is 14.2.